The van der Waals surface area contributed by atoms with Gasteiger partial charge in [-0.3, -0.25) is 0 Å². The van der Waals surface area contributed by atoms with E-state index in [-0.39, 0.29) is 0 Å². The van der Waals surface area contributed by atoms with Crippen molar-refractivity contribution in [3.63, 3.8) is 0 Å². The van der Waals surface area contributed by atoms with Gasteiger partial charge in [-0.25, -0.2) is 0 Å². The number of benzene rings is 1. The molecule has 2 aromatic rings. The lowest BCUT2D eigenvalue weighted by Crippen LogP contribution is -2.00. The molecule has 0 radical (unpaired) electrons. The van der Waals surface area contributed by atoms with Crippen LogP contribution in [0.5, 0.6) is 0 Å². The van der Waals surface area contributed by atoms with Crippen LogP contribution in [0, 0.1) is 0 Å². The van der Waals surface area contributed by atoms with E-state index in [9.17, 15) is 5.11 Å². The van der Waals surface area contributed by atoms with Gasteiger partial charge in [-0.1, -0.05) is 45.2 Å². The van der Waals surface area contributed by atoms with Crippen molar-refractivity contribution in [1.82, 2.24) is 0 Å². The molecule has 0 aliphatic carbocycles. The van der Waals surface area contributed by atoms with Crippen molar-refractivity contribution < 1.29 is 5.11 Å². The Morgan fingerprint density at radius 3 is 2.50 bits per heavy atom. The number of rotatable bonds is 3. The minimum Gasteiger partial charge on any atom is -0.387 e. The molecule has 1 aromatic carbocycles. The van der Waals surface area contributed by atoms with Crippen LogP contribution in [-0.2, 0) is 6.42 Å². The molecule has 1 atom stereocenters. The summed E-state index contributed by atoms with van der Waals surface area (Å²) >= 11 is 20.1. The van der Waals surface area contributed by atoms with Gasteiger partial charge >= 0.3 is 0 Å². The first-order valence-electron chi connectivity index (χ1n) is 5.04. The summed E-state index contributed by atoms with van der Waals surface area (Å²) in [6.07, 6.45) is -0.132. The molecular formula is C12H8Br2Cl2OS. The second kappa shape index (κ2) is 6.25. The Kier molecular flexibility index (Phi) is 5.14. The summed E-state index contributed by atoms with van der Waals surface area (Å²) < 4.78 is 2.38. The third-order valence-corrected chi connectivity index (χ3v) is 5.84. The van der Waals surface area contributed by atoms with Crippen molar-refractivity contribution >= 4 is 66.4 Å². The monoisotopic (exact) mass is 428 g/mol. The summed E-state index contributed by atoms with van der Waals surface area (Å²) in [5.41, 5.74) is 0.910. The van der Waals surface area contributed by atoms with Crippen LogP contribution in [0.4, 0.5) is 0 Å². The third-order valence-electron chi connectivity index (χ3n) is 2.42. The van der Waals surface area contributed by atoms with E-state index in [0.717, 1.165) is 19.4 Å². The molecule has 96 valence electrons. The Labute approximate surface area is 136 Å². The summed E-state index contributed by atoms with van der Waals surface area (Å²) in [6, 6.07) is 7.47. The van der Waals surface area contributed by atoms with Gasteiger partial charge in [-0.15, -0.1) is 11.3 Å². The smallest absolute Gasteiger partial charge is 0.107 e. The fraction of sp³-hybridized carbons (Fsp3) is 0.167. The van der Waals surface area contributed by atoms with Crippen LogP contribution in [0.15, 0.2) is 33.2 Å². The summed E-state index contributed by atoms with van der Waals surface area (Å²) in [5.74, 6) is 0. The first kappa shape index (κ1) is 14.8. The molecule has 0 aliphatic heterocycles. The van der Waals surface area contributed by atoms with E-state index in [4.69, 9.17) is 23.2 Å². The molecule has 1 nitrogen and oxygen atoms in total. The SMILES string of the molecule is OC(Cc1ccc(Br)cc1Cl)c1cc(Br)c(Cl)s1. The van der Waals surface area contributed by atoms with Crippen LogP contribution in [0.3, 0.4) is 0 Å². The van der Waals surface area contributed by atoms with E-state index in [2.05, 4.69) is 31.9 Å². The maximum absolute atomic E-state index is 10.2. The maximum atomic E-state index is 10.2. The molecule has 0 fully saturated rings. The van der Waals surface area contributed by atoms with Crippen molar-refractivity contribution in [1.29, 1.82) is 0 Å². The van der Waals surface area contributed by atoms with Gasteiger partial charge in [0.1, 0.15) is 4.34 Å². The zero-order valence-corrected chi connectivity index (χ0v) is 14.5. The van der Waals surface area contributed by atoms with E-state index < -0.39 is 6.10 Å². The Morgan fingerprint density at radius 2 is 1.94 bits per heavy atom. The van der Waals surface area contributed by atoms with Crippen LogP contribution in [-0.4, -0.2) is 5.11 Å². The highest BCUT2D eigenvalue weighted by Crippen LogP contribution is 2.36. The molecule has 2 rings (SSSR count). The van der Waals surface area contributed by atoms with Crippen molar-refractivity contribution in [3.05, 3.63) is 53.0 Å². The molecule has 6 heteroatoms. The Balaban J connectivity index is 2.18. The molecular weight excluding hydrogens is 423 g/mol. The van der Waals surface area contributed by atoms with Crippen LogP contribution in [0.25, 0.3) is 0 Å². The second-order valence-corrected chi connectivity index (χ2v) is 7.59. The van der Waals surface area contributed by atoms with Gasteiger partial charge in [0.15, 0.2) is 0 Å². The quantitative estimate of drug-likeness (QED) is 0.647. The standard InChI is InChI=1S/C12H8Br2Cl2OS/c13-7-2-1-6(9(15)4-7)3-10(17)11-5-8(14)12(16)18-11/h1-2,4-5,10,17H,3H2. The summed E-state index contributed by atoms with van der Waals surface area (Å²) in [6.45, 7) is 0. The largest absolute Gasteiger partial charge is 0.387 e. The first-order valence-corrected chi connectivity index (χ1v) is 8.20. The van der Waals surface area contributed by atoms with Crippen molar-refractivity contribution in [2.45, 2.75) is 12.5 Å². The molecule has 0 saturated heterocycles. The van der Waals surface area contributed by atoms with Crippen LogP contribution in [0.1, 0.15) is 16.5 Å². The fourth-order valence-corrected chi connectivity index (χ4v) is 4.00. The van der Waals surface area contributed by atoms with Crippen molar-refractivity contribution in [2.75, 3.05) is 0 Å². The Bertz CT molecular complexity index is 552. The van der Waals surface area contributed by atoms with E-state index in [1.807, 2.05) is 24.3 Å². The minimum absolute atomic E-state index is 0.468. The molecule has 1 aromatic heterocycles. The Morgan fingerprint density at radius 1 is 1.22 bits per heavy atom. The van der Waals surface area contributed by atoms with Gasteiger partial charge in [0.2, 0.25) is 0 Å². The van der Waals surface area contributed by atoms with E-state index >= 15 is 0 Å². The molecule has 0 saturated carbocycles. The molecule has 0 spiro atoms. The molecule has 0 aliphatic rings. The number of aliphatic hydroxyl groups is 1. The van der Waals surface area contributed by atoms with E-state index in [0.29, 0.717) is 15.8 Å². The second-order valence-electron chi connectivity index (χ2n) is 3.73. The van der Waals surface area contributed by atoms with Crippen molar-refractivity contribution in [2.24, 2.45) is 0 Å². The lowest BCUT2D eigenvalue weighted by molar-refractivity contribution is 0.182. The van der Waals surface area contributed by atoms with Crippen molar-refractivity contribution in [3.8, 4) is 0 Å². The Hall–Kier alpha value is 0.420. The number of halogens is 4. The van der Waals surface area contributed by atoms with E-state index in [1.165, 1.54) is 11.3 Å². The predicted octanol–water partition coefficient (Wildman–Crippen LogP) is 5.86. The topological polar surface area (TPSA) is 20.2 Å². The highest BCUT2D eigenvalue weighted by atomic mass is 79.9. The number of aliphatic hydroxyl groups excluding tert-OH is 1. The average Bonchev–Trinajstić information content (AvgIpc) is 2.63. The molecule has 18 heavy (non-hydrogen) atoms. The number of hydrogen-bond acceptors (Lipinski definition) is 2. The van der Waals surface area contributed by atoms with Crippen LogP contribution < -0.4 is 0 Å². The lowest BCUT2D eigenvalue weighted by Gasteiger charge is -2.10. The average molecular weight is 431 g/mol. The lowest BCUT2D eigenvalue weighted by atomic mass is 10.1. The van der Waals surface area contributed by atoms with Crippen LogP contribution in [0.2, 0.25) is 9.36 Å². The molecule has 1 unspecified atom stereocenters. The first-order chi connectivity index (χ1) is 8.47. The summed E-state index contributed by atoms with van der Waals surface area (Å²) in [5, 5.41) is 10.8. The van der Waals surface area contributed by atoms with Gasteiger partial charge < -0.3 is 5.11 Å². The van der Waals surface area contributed by atoms with Gasteiger partial charge in [-0.05, 0) is 39.7 Å². The molecule has 1 N–H and O–H groups in total. The van der Waals surface area contributed by atoms with Gasteiger partial charge in [0.05, 0.1) is 6.10 Å². The summed E-state index contributed by atoms with van der Waals surface area (Å²) in [7, 11) is 0. The predicted molar refractivity (Wildman–Crippen MR) is 84.8 cm³/mol. The van der Waals surface area contributed by atoms with Gasteiger partial charge in [0, 0.05) is 25.3 Å². The number of hydrogen-bond donors (Lipinski definition) is 1. The maximum Gasteiger partial charge on any atom is 0.107 e. The summed E-state index contributed by atoms with van der Waals surface area (Å²) in [4.78, 5) is 0.825. The van der Waals surface area contributed by atoms with Gasteiger partial charge in [0.25, 0.3) is 0 Å². The third kappa shape index (κ3) is 3.50. The zero-order chi connectivity index (χ0) is 13.3. The van der Waals surface area contributed by atoms with Gasteiger partial charge in [-0.2, -0.15) is 0 Å². The molecule has 1 heterocycles. The fourth-order valence-electron chi connectivity index (χ4n) is 1.52. The molecule has 0 amide bonds. The minimum atomic E-state index is -0.600. The molecule has 0 bridgehead atoms. The van der Waals surface area contributed by atoms with Crippen LogP contribution >= 0.6 is 66.4 Å². The number of thiophene rings is 1. The van der Waals surface area contributed by atoms with E-state index in [1.54, 1.807) is 0 Å². The zero-order valence-electron chi connectivity index (χ0n) is 8.96. The highest BCUT2D eigenvalue weighted by Gasteiger charge is 2.15. The highest BCUT2D eigenvalue weighted by molar-refractivity contribution is 9.10. The normalized spacial score (nSPS) is 12.7.